The minimum atomic E-state index is 0.717. The van der Waals surface area contributed by atoms with Gasteiger partial charge in [-0.15, -0.1) is 45.3 Å². The molecule has 0 unspecified atom stereocenters. The molecule has 0 aliphatic heterocycles. The molecule has 8 heterocycles. The molecule has 0 bridgehead atoms. The van der Waals surface area contributed by atoms with Crippen molar-refractivity contribution >= 4 is 170 Å². The van der Waals surface area contributed by atoms with Gasteiger partial charge in [0.1, 0.15) is 0 Å². The molecule has 0 radical (unpaired) electrons. The summed E-state index contributed by atoms with van der Waals surface area (Å²) in [6.45, 7) is 0. The van der Waals surface area contributed by atoms with Crippen molar-refractivity contribution < 1.29 is 0 Å². The van der Waals surface area contributed by atoms with Gasteiger partial charge >= 0.3 is 0 Å². The zero-order valence-electron chi connectivity index (χ0n) is 54.5. The molecule has 0 spiro atoms. The van der Waals surface area contributed by atoms with Crippen LogP contribution in [0, 0.1) is 0 Å². The van der Waals surface area contributed by atoms with E-state index < -0.39 is 0 Å². The normalized spacial score (nSPS) is 11.9. The smallest absolute Gasteiger partial charge is 0.161 e. The second-order valence-electron chi connectivity index (χ2n) is 25.9. The Labute approximate surface area is 600 Å². The van der Waals surface area contributed by atoms with Gasteiger partial charge in [0.05, 0.1) is 44.8 Å². The van der Waals surface area contributed by atoms with Gasteiger partial charge in [-0.1, -0.05) is 231 Å². The molecule has 22 aromatic rings. The molecule has 8 aromatic heterocycles. The lowest BCUT2D eigenvalue weighted by Crippen LogP contribution is -1.99. The van der Waals surface area contributed by atoms with Crippen LogP contribution in [0.2, 0.25) is 0 Å². The average molecular weight is 1370 g/mol. The number of thiophene rings is 4. The van der Waals surface area contributed by atoms with E-state index in [1.807, 2.05) is 51.4 Å². The van der Waals surface area contributed by atoms with E-state index in [9.17, 15) is 0 Å². The predicted octanol–water partition coefficient (Wildman–Crippen LogP) is 26.6. The Morgan fingerprint density at radius 2 is 0.510 bits per heavy atom. The minimum Gasteiger partial charge on any atom is -0.309 e. The van der Waals surface area contributed by atoms with Crippen molar-refractivity contribution in [2.45, 2.75) is 0 Å². The lowest BCUT2D eigenvalue weighted by Gasteiger charge is -2.14. The predicted molar refractivity (Wildman–Crippen MR) is 437 cm³/mol. The number of hydrogen-bond acceptors (Lipinski definition) is 8. The van der Waals surface area contributed by atoms with Gasteiger partial charge in [0, 0.05) is 147 Å². The van der Waals surface area contributed by atoms with E-state index in [-0.39, 0.29) is 0 Å². The molecular weight excluding hydrogens is 1320 g/mol. The van der Waals surface area contributed by atoms with E-state index in [1.54, 1.807) is 0 Å². The molecule has 0 saturated heterocycles. The third-order valence-corrected chi connectivity index (χ3v) is 24.7. The van der Waals surface area contributed by atoms with Crippen molar-refractivity contribution in [3.05, 3.63) is 328 Å². The molecule has 6 nitrogen and oxygen atoms in total. The van der Waals surface area contributed by atoms with E-state index in [0.29, 0.717) is 0 Å². The first-order valence-electron chi connectivity index (χ1n) is 34.2. The lowest BCUT2D eigenvalue weighted by atomic mass is 10.0. The van der Waals surface area contributed by atoms with Crippen LogP contribution < -0.4 is 0 Å². The van der Waals surface area contributed by atoms with E-state index in [0.717, 1.165) is 79.2 Å². The highest BCUT2D eigenvalue weighted by Gasteiger charge is 2.25. The summed E-state index contributed by atoms with van der Waals surface area (Å²) in [6.07, 6.45) is 0. The Morgan fingerprint density at radius 3 is 0.931 bits per heavy atom. The minimum absolute atomic E-state index is 0.717. The molecule has 0 aliphatic rings. The van der Waals surface area contributed by atoms with Crippen molar-refractivity contribution in [2.24, 2.45) is 0 Å². The second kappa shape index (κ2) is 23.7. The molecule has 22 rings (SSSR count). The number of hydrogen-bond donors (Lipinski definition) is 0. The van der Waals surface area contributed by atoms with Gasteiger partial charge in [0.15, 0.2) is 11.6 Å². The van der Waals surface area contributed by atoms with E-state index >= 15 is 0 Å². The number of rotatable bonds is 8. The molecule has 102 heavy (non-hydrogen) atoms. The van der Waals surface area contributed by atoms with Crippen molar-refractivity contribution in [3.63, 3.8) is 0 Å². The quantitative estimate of drug-likeness (QED) is 0.152. The first-order valence-corrected chi connectivity index (χ1v) is 37.4. The van der Waals surface area contributed by atoms with E-state index in [4.69, 9.17) is 19.9 Å². The van der Waals surface area contributed by atoms with Crippen LogP contribution in [0.4, 0.5) is 0 Å². The van der Waals surface area contributed by atoms with Crippen molar-refractivity contribution in [3.8, 4) is 79.2 Å². The van der Waals surface area contributed by atoms with E-state index in [2.05, 4.69) is 331 Å². The summed E-state index contributed by atoms with van der Waals surface area (Å²) in [5.41, 5.74) is 16.9. The standard InChI is InChI=1S/2C46H27N3S2/c1-3-13-28(14-4-1)36-27-37(48-46(47-36)29-15-5-2-6-16-29)34-25-30(49-38-20-10-7-17-31(38)32-18-8-11-21-39(32)49)26-35-44-42(51-45(34)35)24-23-41-43(44)33-19-9-12-22-40(33)50-41;1-3-13-28(14-4-1)36-27-37(29-15-5-2-6-16-29)48-46(47-36)35-26-30(49-38-20-10-7-17-31(38)32-18-8-11-21-39(32)49)25-34-44-42(51-45(34)35)24-23-41-43(44)33-19-9-12-22-40(33)50-41/h2*1-27H. The summed E-state index contributed by atoms with van der Waals surface area (Å²) in [7, 11) is 0. The number of nitrogens with zero attached hydrogens (tertiary/aromatic N) is 6. The topological polar surface area (TPSA) is 61.4 Å². The van der Waals surface area contributed by atoms with Crippen molar-refractivity contribution in [2.75, 3.05) is 0 Å². The van der Waals surface area contributed by atoms with Crippen LogP contribution in [0.25, 0.3) is 203 Å². The molecule has 0 atom stereocenters. The van der Waals surface area contributed by atoms with Crippen LogP contribution in [-0.2, 0) is 0 Å². The zero-order valence-corrected chi connectivity index (χ0v) is 57.8. The number of para-hydroxylation sites is 4. The lowest BCUT2D eigenvalue weighted by molar-refractivity contribution is 1.17. The molecule has 10 heteroatoms. The second-order valence-corrected chi connectivity index (χ2v) is 30.2. The molecule has 0 N–H and O–H groups in total. The SMILES string of the molecule is c1ccc(-c2cc(-c3cc(-n4c5ccccc5c5ccccc54)cc4c3sc3ccc5sc6ccccc6c5c34)nc(-c3ccccc3)n2)cc1.c1ccc(-c2cc(-c3ccccc3)nc(-c3cc(-n4c5ccccc5c5ccccc54)cc4c3sc3ccc5sc6ccccc6c5c34)n2)cc1. The van der Waals surface area contributed by atoms with Gasteiger partial charge in [-0.25, -0.2) is 19.9 Å². The fourth-order valence-electron chi connectivity index (χ4n) is 15.5. The Kier molecular flexibility index (Phi) is 13.6. The molecule has 0 amide bonds. The van der Waals surface area contributed by atoms with Gasteiger partial charge in [0.2, 0.25) is 0 Å². The van der Waals surface area contributed by atoms with Gasteiger partial charge in [-0.3, -0.25) is 0 Å². The number of fused-ring (bicyclic) bond motifs is 20. The Balaban J connectivity index is 0.000000133. The van der Waals surface area contributed by atoms with Gasteiger partial charge in [-0.05, 0) is 97.1 Å². The van der Waals surface area contributed by atoms with Crippen molar-refractivity contribution in [1.82, 2.24) is 29.1 Å². The monoisotopic (exact) mass is 1370 g/mol. The Morgan fingerprint density at radius 1 is 0.206 bits per heavy atom. The first kappa shape index (κ1) is 58.7. The molecule has 0 aliphatic carbocycles. The summed E-state index contributed by atoms with van der Waals surface area (Å²) in [5.74, 6) is 1.44. The third kappa shape index (κ3) is 9.49. The maximum absolute atomic E-state index is 5.36. The van der Waals surface area contributed by atoms with Gasteiger partial charge < -0.3 is 9.13 Å². The van der Waals surface area contributed by atoms with Crippen LogP contribution in [0.3, 0.4) is 0 Å². The highest BCUT2D eigenvalue weighted by Crippen LogP contribution is 2.51. The fourth-order valence-corrected chi connectivity index (χ4v) is 20.1. The maximum Gasteiger partial charge on any atom is 0.161 e. The highest BCUT2D eigenvalue weighted by molar-refractivity contribution is 7.29. The van der Waals surface area contributed by atoms with Crippen LogP contribution in [0.15, 0.2) is 328 Å². The summed E-state index contributed by atoms with van der Waals surface area (Å²) in [5, 5.41) is 15.3. The highest BCUT2D eigenvalue weighted by atomic mass is 32.1. The van der Waals surface area contributed by atoms with Crippen molar-refractivity contribution in [1.29, 1.82) is 0 Å². The van der Waals surface area contributed by atoms with Crippen LogP contribution in [0.1, 0.15) is 0 Å². The average Bonchev–Trinajstić information content (AvgIpc) is 1.42. The largest absolute Gasteiger partial charge is 0.309 e. The van der Waals surface area contributed by atoms with Gasteiger partial charge in [-0.2, -0.15) is 0 Å². The Hall–Kier alpha value is -12.3. The maximum atomic E-state index is 5.36. The van der Waals surface area contributed by atoms with Crippen LogP contribution >= 0.6 is 45.3 Å². The first-order chi connectivity index (χ1) is 50.6. The molecule has 0 saturated carbocycles. The number of benzene rings is 14. The Bertz CT molecular complexity index is 6480. The summed E-state index contributed by atoms with van der Waals surface area (Å²) in [6, 6.07) is 117. The molecule has 476 valence electrons. The summed E-state index contributed by atoms with van der Waals surface area (Å²) >= 11 is 7.44. The van der Waals surface area contributed by atoms with Crippen LogP contribution in [0.5, 0.6) is 0 Å². The molecular formula is C92H54N6S4. The zero-order chi connectivity index (χ0) is 66.9. The fraction of sp³-hybridized carbons (Fsp3) is 0. The molecule has 14 aromatic carbocycles. The summed E-state index contributed by atoms with van der Waals surface area (Å²) in [4.78, 5) is 21.2. The van der Waals surface area contributed by atoms with E-state index in [1.165, 1.54) is 124 Å². The number of aromatic nitrogens is 6. The summed E-state index contributed by atoms with van der Waals surface area (Å²) < 4.78 is 15.1. The molecule has 0 fully saturated rings. The van der Waals surface area contributed by atoms with Gasteiger partial charge in [0.25, 0.3) is 0 Å². The third-order valence-electron chi connectivity index (χ3n) is 20.0. The van der Waals surface area contributed by atoms with Crippen LogP contribution in [-0.4, -0.2) is 29.1 Å².